The highest BCUT2D eigenvalue weighted by atomic mass is 16.5. The molecule has 0 amide bonds. The summed E-state index contributed by atoms with van der Waals surface area (Å²) in [5.41, 5.74) is -1.15. The minimum atomic E-state index is -0.821. The van der Waals surface area contributed by atoms with Gasteiger partial charge in [-0.25, -0.2) is 0 Å². The Balaban J connectivity index is 4.08. The molecule has 0 fully saturated rings. The Bertz CT molecular complexity index is 111. The van der Waals surface area contributed by atoms with E-state index < -0.39 is 5.60 Å². The van der Waals surface area contributed by atoms with Crippen LogP contribution in [0.25, 0.3) is 0 Å². The average molecular weight is 162 g/mol. The third-order valence-corrected chi connectivity index (χ3v) is 1.22. The molecule has 3 heteroatoms. The molecule has 0 atom stereocenters. The lowest BCUT2D eigenvalue weighted by atomic mass is 10.1. The van der Waals surface area contributed by atoms with E-state index in [1.54, 1.807) is 6.92 Å². The molecule has 0 aromatic carbocycles. The van der Waals surface area contributed by atoms with Crippen molar-refractivity contribution in [3.8, 4) is 0 Å². The second kappa shape index (κ2) is 3.52. The van der Waals surface area contributed by atoms with Gasteiger partial charge in [0.1, 0.15) is 5.60 Å². The lowest BCUT2D eigenvalue weighted by Gasteiger charge is -2.33. The molecule has 0 rings (SSSR count). The Labute approximate surface area is 68.0 Å². The van der Waals surface area contributed by atoms with Gasteiger partial charge in [0.25, 0.3) is 0 Å². The maximum Gasteiger partial charge on any atom is 0.112 e. The summed E-state index contributed by atoms with van der Waals surface area (Å²) in [6.45, 7) is 7.00. The van der Waals surface area contributed by atoms with E-state index in [2.05, 4.69) is 0 Å². The van der Waals surface area contributed by atoms with Crippen molar-refractivity contribution in [3.05, 3.63) is 0 Å². The van der Waals surface area contributed by atoms with E-state index in [0.717, 1.165) is 0 Å². The van der Waals surface area contributed by atoms with Gasteiger partial charge in [-0.15, -0.1) is 0 Å². The summed E-state index contributed by atoms with van der Waals surface area (Å²) in [7, 11) is 0. The Kier molecular flexibility index (Phi) is 3.48. The number of aliphatic hydroxyl groups is 2. The van der Waals surface area contributed by atoms with Gasteiger partial charge < -0.3 is 14.9 Å². The summed E-state index contributed by atoms with van der Waals surface area (Å²) in [6.07, 6.45) is 0. The smallest absolute Gasteiger partial charge is 0.112 e. The summed E-state index contributed by atoms with van der Waals surface area (Å²) in [5.74, 6) is 0. The Morgan fingerprint density at radius 3 is 1.45 bits per heavy atom. The van der Waals surface area contributed by atoms with Crippen molar-refractivity contribution in [1.82, 2.24) is 0 Å². The van der Waals surface area contributed by atoms with E-state index in [0.29, 0.717) is 0 Å². The first-order valence-electron chi connectivity index (χ1n) is 3.75. The van der Waals surface area contributed by atoms with Crippen molar-refractivity contribution in [2.75, 3.05) is 13.2 Å². The molecule has 0 unspecified atom stereocenters. The van der Waals surface area contributed by atoms with Crippen LogP contribution in [0.4, 0.5) is 0 Å². The monoisotopic (exact) mass is 162 g/mol. The number of ether oxygens (including phenoxy) is 1. The minimum absolute atomic E-state index is 0.166. The van der Waals surface area contributed by atoms with Crippen LogP contribution in [0.1, 0.15) is 27.7 Å². The molecule has 0 aliphatic rings. The van der Waals surface area contributed by atoms with Crippen molar-refractivity contribution < 1.29 is 14.9 Å². The van der Waals surface area contributed by atoms with Crippen LogP contribution in [0.2, 0.25) is 0 Å². The van der Waals surface area contributed by atoms with E-state index in [4.69, 9.17) is 14.9 Å². The topological polar surface area (TPSA) is 49.7 Å². The summed E-state index contributed by atoms with van der Waals surface area (Å²) < 4.78 is 5.42. The average Bonchev–Trinajstić information content (AvgIpc) is 1.84. The van der Waals surface area contributed by atoms with Crippen LogP contribution in [-0.2, 0) is 4.74 Å². The van der Waals surface area contributed by atoms with Crippen LogP contribution in [0, 0.1) is 0 Å². The van der Waals surface area contributed by atoms with E-state index in [1.807, 2.05) is 20.8 Å². The molecule has 0 aliphatic carbocycles. The molecule has 0 saturated heterocycles. The van der Waals surface area contributed by atoms with Gasteiger partial charge in [-0.3, -0.25) is 0 Å². The van der Waals surface area contributed by atoms with Crippen LogP contribution in [0.15, 0.2) is 0 Å². The lowest BCUT2D eigenvalue weighted by molar-refractivity contribution is -0.161. The zero-order chi connectivity index (χ0) is 9.12. The first-order chi connectivity index (χ1) is 4.83. The zero-order valence-corrected chi connectivity index (χ0v) is 7.72. The third-order valence-electron chi connectivity index (χ3n) is 1.22. The molecule has 3 nitrogen and oxygen atoms in total. The molecular formula is C8H18O3. The first-order valence-corrected chi connectivity index (χ1v) is 3.75. The van der Waals surface area contributed by atoms with Crippen LogP contribution in [0.3, 0.4) is 0 Å². The van der Waals surface area contributed by atoms with Crippen molar-refractivity contribution in [2.24, 2.45) is 0 Å². The standard InChI is InChI=1S/C8H18O3/c1-7(2,3)11-8(4,5-9)6-10/h9-10H,5-6H2,1-4H3. The number of rotatable bonds is 3. The Morgan fingerprint density at radius 2 is 1.36 bits per heavy atom. The largest absolute Gasteiger partial charge is 0.393 e. The first kappa shape index (κ1) is 10.9. The summed E-state index contributed by atoms with van der Waals surface area (Å²) >= 11 is 0. The molecule has 0 aromatic heterocycles. The molecule has 0 aliphatic heterocycles. The summed E-state index contributed by atoms with van der Waals surface area (Å²) in [6, 6.07) is 0. The SMILES string of the molecule is CC(C)(C)OC(C)(CO)CO. The minimum Gasteiger partial charge on any atom is -0.393 e. The van der Waals surface area contributed by atoms with E-state index >= 15 is 0 Å². The van der Waals surface area contributed by atoms with Crippen LogP contribution >= 0.6 is 0 Å². The van der Waals surface area contributed by atoms with Gasteiger partial charge in [-0.2, -0.15) is 0 Å². The normalized spacial score (nSPS) is 13.6. The molecule has 11 heavy (non-hydrogen) atoms. The summed E-state index contributed by atoms with van der Waals surface area (Å²) in [5, 5.41) is 17.7. The molecule has 68 valence electrons. The fourth-order valence-corrected chi connectivity index (χ4v) is 0.854. The Morgan fingerprint density at radius 1 is 1.00 bits per heavy atom. The van der Waals surface area contributed by atoms with Crippen molar-refractivity contribution >= 4 is 0 Å². The quantitative estimate of drug-likeness (QED) is 0.637. The highest BCUT2D eigenvalue weighted by Crippen LogP contribution is 2.18. The molecule has 0 saturated carbocycles. The fourth-order valence-electron chi connectivity index (χ4n) is 0.854. The fraction of sp³-hybridized carbons (Fsp3) is 1.00. The molecule has 0 aromatic rings. The summed E-state index contributed by atoms with van der Waals surface area (Å²) in [4.78, 5) is 0. The predicted octanol–water partition coefficient (Wildman–Crippen LogP) is 0.545. The van der Waals surface area contributed by atoms with Crippen LogP contribution < -0.4 is 0 Å². The van der Waals surface area contributed by atoms with Gasteiger partial charge in [0.2, 0.25) is 0 Å². The highest BCUT2D eigenvalue weighted by molar-refractivity contribution is 4.77. The van der Waals surface area contributed by atoms with Gasteiger partial charge in [-0.05, 0) is 27.7 Å². The lowest BCUT2D eigenvalue weighted by Crippen LogP contribution is -2.43. The third kappa shape index (κ3) is 4.35. The molecule has 0 spiro atoms. The molecule has 0 heterocycles. The molecule has 0 bridgehead atoms. The zero-order valence-electron chi connectivity index (χ0n) is 7.72. The molecular weight excluding hydrogens is 144 g/mol. The number of aliphatic hydroxyl groups excluding tert-OH is 2. The highest BCUT2D eigenvalue weighted by Gasteiger charge is 2.28. The molecule has 0 radical (unpaired) electrons. The van der Waals surface area contributed by atoms with Gasteiger partial charge in [0, 0.05) is 0 Å². The van der Waals surface area contributed by atoms with Crippen LogP contribution in [-0.4, -0.2) is 34.6 Å². The van der Waals surface area contributed by atoms with E-state index in [-0.39, 0.29) is 18.8 Å². The van der Waals surface area contributed by atoms with Crippen LogP contribution in [0.5, 0.6) is 0 Å². The number of hydrogen-bond donors (Lipinski definition) is 2. The van der Waals surface area contributed by atoms with Gasteiger partial charge in [0.05, 0.1) is 18.8 Å². The second-order valence-electron chi connectivity index (χ2n) is 3.98. The van der Waals surface area contributed by atoms with Gasteiger partial charge in [-0.1, -0.05) is 0 Å². The van der Waals surface area contributed by atoms with E-state index in [1.165, 1.54) is 0 Å². The predicted molar refractivity (Wildman–Crippen MR) is 43.4 cm³/mol. The van der Waals surface area contributed by atoms with Crippen molar-refractivity contribution in [1.29, 1.82) is 0 Å². The molecule has 2 N–H and O–H groups in total. The second-order valence-corrected chi connectivity index (χ2v) is 3.98. The van der Waals surface area contributed by atoms with Gasteiger partial charge >= 0.3 is 0 Å². The number of hydrogen-bond acceptors (Lipinski definition) is 3. The van der Waals surface area contributed by atoms with Crippen molar-refractivity contribution in [2.45, 2.75) is 38.9 Å². The van der Waals surface area contributed by atoms with Crippen molar-refractivity contribution in [3.63, 3.8) is 0 Å². The maximum atomic E-state index is 8.86. The van der Waals surface area contributed by atoms with E-state index in [9.17, 15) is 0 Å². The maximum absolute atomic E-state index is 8.86. The Hall–Kier alpha value is -0.120. The van der Waals surface area contributed by atoms with Gasteiger partial charge in [0.15, 0.2) is 0 Å².